The zero-order valence-corrected chi connectivity index (χ0v) is 17.9. The van der Waals surface area contributed by atoms with Gasteiger partial charge in [0.15, 0.2) is 0 Å². The Morgan fingerprint density at radius 3 is 2.84 bits per heavy atom. The van der Waals surface area contributed by atoms with Crippen molar-refractivity contribution in [1.82, 2.24) is 24.6 Å². The van der Waals surface area contributed by atoms with Gasteiger partial charge in [0.2, 0.25) is 5.91 Å². The van der Waals surface area contributed by atoms with Crippen LogP contribution in [0.4, 0.5) is 10.5 Å². The zero-order chi connectivity index (χ0) is 22.2. The van der Waals surface area contributed by atoms with Gasteiger partial charge in [0, 0.05) is 37.0 Å². The van der Waals surface area contributed by atoms with Gasteiger partial charge in [-0.1, -0.05) is 0 Å². The number of hydrogen-bond acceptors (Lipinski definition) is 5. The van der Waals surface area contributed by atoms with Crippen LogP contribution in [0, 0.1) is 0 Å². The van der Waals surface area contributed by atoms with Crippen LogP contribution >= 0.6 is 0 Å². The van der Waals surface area contributed by atoms with E-state index in [1.54, 1.807) is 6.20 Å². The molecule has 2 amide bonds. The molecule has 2 aromatic heterocycles. The van der Waals surface area contributed by atoms with E-state index in [0.717, 1.165) is 35.3 Å². The molecule has 0 unspecified atom stereocenters. The third-order valence-electron chi connectivity index (χ3n) is 6.23. The number of carbonyl (C=O) groups excluding carboxylic acids is 1. The summed E-state index contributed by atoms with van der Waals surface area (Å²) in [7, 11) is 0. The van der Waals surface area contributed by atoms with Gasteiger partial charge in [-0.2, -0.15) is 5.10 Å². The number of amides is 2. The van der Waals surface area contributed by atoms with E-state index in [2.05, 4.69) is 10.4 Å². The number of aromatic nitrogens is 4. The first kappa shape index (κ1) is 20.5. The quantitative estimate of drug-likeness (QED) is 0.607. The van der Waals surface area contributed by atoms with Crippen molar-refractivity contribution >= 4 is 28.7 Å². The van der Waals surface area contributed by atoms with Crippen molar-refractivity contribution in [1.29, 1.82) is 0 Å². The van der Waals surface area contributed by atoms with Gasteiger partial charge in [-0.15, -0.1) is 0 Å². The lowest BCUT2D eigenvalue weighted by atomic mass is 9.96. The van der Waals surface area contributed by atoms with Crippen molar-refractivity contribution in [2.45, 2.75) is 51.4 Å². The maximum atomic E-state index is 12.7. The average Bonchev–Trinajstić information content (AvgIpc) is 3.36. The topological polar surface area (TPSA) is 115 Å². The van der Waals surface area contributed by atoms with E-state index in [-0.39, 0.29) is 24.5 Å². The summed E-state index contributed by atoms with van der Waals surface area (Å²) in [4.78, 5) is 30.9. The van der Waals surface area contributed by atoms with E-state index >= 15 is 0 Å². The molecule has 2 aliphatic rings. The van der Waals surface area contributed by atoms with Gasteiger partial charge in [0.25, 0.3) is 0 Å². The first-order valence-electron chi connectivity index (χ1n) is 10.9. The number of anilines is 1. The van der Waals surface area contributed by atoms with Crippen molar-refractivity contribution in [3.8, 4) is 0 Å². The number of ether oxygens (including phenoxy) is 1. The molecule has 10 heteroatoms. The lowest BCUT2D eigenvalue weighted by Crippen LogP contribution is -2.49. The van der Waals surface area contributed by atoms with E-state index < -0.39 is 6.09 Å². The molecule has 10 nitrogen and oxygen atoms in total. The second-order valence-corrected chi connectivity index (χ2v) is 8.41. The summed E-state index contributed by atoms with van der Waals surface area (Å²) in [5, 5.41) is 17.0. The highest BCUT2D eigenvalue weighted by atomic mass is 16.5. The number of carbonyl (C=O) groups is 2. The molecular weight excluding hydrogens is 412 g/mol. The molecule has 32 heavy (non-hydrogen) atoms. The van der Waals surface area contributed by atoms with Crippen LogP contribution in [0.25, 0.3) is 11.0 Å². The molecule has 0 aliphatic carbocycles. The number of nitrogens with zero attached hydrogens (tertiary/aromatic N) is 5. The molecule has 1 atom stereocenters. The summed E-state index contributed by atoms with van der Waals surface area (Å²) < 4.78 is 8.92. The Labute approximate surface area is 184 Å². The van der Waals surface area contributed by atoms with E-state index in [1.165, 1.54) is 4.90 Å². The third-order valence-corrected chi connectivity index (χ3v) is 6.23. The van der Waals surface area contributed by atoms with Crippen molar-refractivity contribution < 1.29 is 19.4 Å². The molecule has 4 heterocycles. The summed E-state index contributed by atoms with van der Waals surface area (Å²) in [5.74, 6) is 0.695. The fourth-order valence-corrected chi connectivity index (χ4v) is 4.52. The summed E-state index contributed by atoms with van der Waals surface area (Å²) in [6.45, 7) is 3.79. The first-order valence-corrected chi connectivity index (χ1v) is 10.9. The molecule has 0 saturated carbocycles. The second-order valence-electron chi connectivity index (χ2n) is 8.41. The molecular formula is C22H26N6O4. The van der Waals surface area contributed by atoms with Crippen molar-refractivity contribution in [2.24, 2.45) is 0 Å². The molecule has 5 rings (SSSR count). The second kappa shape index (κ2) is 8.27. The summed E-state index contributed by atoms with van der Waals surface area (Å²) >= 11 is 0. The highest BCUT2D eigenvalue weighted by molar-refractivity contribution is 5.95. The number of aryl methyl sites for hydroxylation is 3. The number of carboxylic acid groups (broad SMARTS) is 1. The van der Waals surface area contributed by atoms with Crippen LogP contribution in [0.3, 0.4) is 0 Å². The van der Waals surface area contributed by atoms with Crippen LogP contribution in [0.2, 0.25) is 0 Å². The molecule has 3 aromatic rings. The molecule has 1 saturated heterocycles. The van der Waals surface area contributed by atoms with Crippen LogP contribution in [-0.4, -0.2) is 61.7 Å². The van der Waals surface area contributed by atoms with Crippen molar-refractivity contribution in [2.75, 3.05) is 18.1 Å². The summed E-state index contributed by atoms with van der Waals surface area (Å²) in [6.07, 6.45) is 4.75. The molecule has 1 aromatic carbocycles. The molecule has 0 radical (unpaired) electrons. The van der Waals surface area contributed by atoms with Crippen LogP contribution in [-0.2, 0) is 35.5 Å². The smallest absolute Gasteiger partial charge is 0.412 e. The van der Waals surface area contributed by atoms with E-state index in [4.69, 9.17) is 9.72 Å². The maximum absolute atomic E-state index is 12.7. The Kier molecular flexibility index (Phi) is 5.30. The lowest BCUT2D eigenvalue weighted by molar-refractivity contribution is -0.125. The highest BCUT2D eigenvalue weighted by Gasteiger charge is 2.31. The largest absolute Gasteiger partial charge is 0.465 e. The van der Waals surface area contributed by atoms with Gasteiger partial charge in [-0.05, 0) is 38.0 Å². The summed E-state index contributed by atoms with van der Waals surface area (Å²) in [5.41, 5.74) is 3.23. The molecule has 1 fully saturated rings. The van der Waals surface area contributed by atoms with Crippen LogP contribution < -0.4 is 10.2 Å². The predicted octanol–water partition coefficient (Wildman–Crippen LogP) is 1.81. The monoisotopic (exact) mass is 438 g/mol. The molecule has 0 spiro atoms. The van der Waals surface area contributed by atoms with E-state index in [9.17, 15) is 14.7 Å². The molecule has 0 bridgehead atoms. The van der Waals surface area contributed by atoms with E-state index in [0.29, 0.717) is 31.9 Å². The van der Waals surface area contributed by atoms with Gasteiger partial charge >= 0.3 is 6.09 Å². The fourth-order valence-electron chi connectivity index (χ4n) is 4.52. The van der Waals surface area contributed by atoms with Crippen molar-refractivity contribution in [3.63, 3.8) is 0 Å². The third kappa shape index (κ3) is 3.70. The first-order chi connectivity index (χ1) is 15.5. The Morgan fingerprint density at radius 2 is 2.16 bits per heavy atom. The number of imidazole rings is 1. The van der Waals surface area contributed by atoms with Gasteiger partial charge in [0.05, 0.1) is 36.0 Å². The SMILES string of the molecule is C[C@H]1CCc2c(ccc3c2nc(CCn2cccn2)n3CC(=O)NC2COC2)N1C(=O)O. The number of hydrogen-bond donors (Lipinski definition) is 2. The normalized spacial score (nSPS) is 18.4. The van der Waals surface area contributed by atoms with Gasteiger partial charge in [-0.25, -0.2) is 9.78 Å². The van der Waals surface area contributed by atoms with Gasteiger partial charge in [-0.3, -0.25) is 14.4 Å². The fraction of sp³-hybridized carbons (Fsp3) is 0.455. The number of nitrogens with one attached hydrogen (secondary N) is 1. The lowest BCUT2D eigenvalue weighted by Gasteiger charge is -2.33. The minimum absolute atomic E-state index is 0.0585. The zero-order valence-electron chi connectivity index (χ0n) is 17.9. The van der Waals surface area contributed by atoms with Crippen LogP contribution in [0.5, 0.6) is 0 Å². The Balaban J connectivity index is 1.53. The maximum Gasteiger partial charge on any atom is 0.412 e. The molecule has 168 valence electrons. The minimum Gasteiger partial charge on any atom is -0.465 e. The number of benzene rings is 1. The Hall–Kier alpha value is -3.40. The molecule has 2 aliphatic heterocycles. The number of fused-ring (bicyclic) bond motifs is 3. The Bertz CT molecular complexity index is 1150. The predicted molar refractivity (Wildman–Crippen MR) is 117 cm³/mol. The minimum atomic E-state index is -0.960. The molecule has 2 N–H and O–H groups in total. The highest BCUT2D eigenvalue weighted by Crippen LogP contribution is 2.36. The standard InChI is InChI=1S/C22H26N6O4/c1-14-3-4-16-17(28(14)22(30)31)5-6-18-21(16)25-19(7-10-26-9-2-8-23-26)27(18)11-20(29)24-15-12-32-13-15/h2,5-6,8-9,14-15H,3-4,7,10-13H2,1H3,(H,24,29)(H,30,31)/t14-/m0/s1. The summed E-state index contributed by atoms with van der Waals surface area (Å²) in [6, 6.07) is 5.56. The van der Waals surface area contributed by atoms with E-state index in [1.807, 2.05) is 40.6 Å². The van der Waals surface area contributed by atoms with Gasteiger partial charge < -0.3 is 19.7 Å². The van der Waals surface area contributed by atoms with Crippen molar-refractivity contribution in [3.05, 3.63) is 42.0 Å². The number of rotatable bonds is 6. The van der Waals surface area contributed by atoms with Crippen LogP contribution in [0.15, 0.2) is 30.6 Å². The average molecular weight is 438 g/mol. The Morgan fingerprint density at radius 1 is 1.31 bits per heavy atom. The van der Waals surface area contributed by atoms with Gasteiger partial charge in [0.1, 0.15) is 12.4 Å². The van der Waals surface area contributed by atoms with Crippen LogP contribution in [0.1, 0.15) is 24.7 Å².